The maximum atomic E-state index is 5.44. The molecule has 0 aliphatic heterocycles. The van der Waals surface area contributed by atoms with Crippen LogP contribution in [0.5, 0.6) is 5.75 Å². The number of ether oxygens (including phenoxy) is 1. The van der Waals surface area contributed by atoms with E-state index in [4.69, 9.17) is 9.72 Å². The maximum absolute atomic E-state index is 5.44. The Balaban J connectivity index is 2.15. The molecule has 4 aromatic rings. The summed E-state index contributed by atoms with van der Waals surface area (Å²) in [5.41, 5.74) is 5.05. The topological polar surface area (TPSA) is 76.6 Å². The molecule has 1 N–H and O–H groups in total. The van der Waals surface area contributed by atoms with Gasteiger partial charge in [-0.2, -0.15) is 5.21 Å². The third-order valence-electron chi connectivity index (χ3n) is 5.22. The second-order valence-electron chi connectivity index (χ2n) is 6.74. The zero-order valence-corrected chi connectivity index (χ0v) is 16.3. The number of tetrazole rings is 1. The average Bonchev–Trinajstić information content (AvgIpc) is 3.28. The molecule has 2 aromatic carbocycles. The maximum Gasteiger partial charge on any atom is 0.207 e. The van der Waals surface area contributed by atoms with Gasteiger partial charge in [0.05, 0.1) is 23.9 Å². The number of aromatic nitrogens is 5. The van der Waals surface area contributed by atoms with Gasteiger partial charge in [-0.3, -0.25) is 4.98 Å². The van der Waals surface area contributed by atoms with Crippen molar-refractivity contribution in [3.05, 3.63) is 54.2 Å². The number of aromatic amines is 1. The predicted molar refractivity (Wildman–Crippen MR) is 110 cm³/mol. The summed E-state index contributed by atoms with van der Waals surface area (Å²) < 4.78 is 5.44. The van der Waals surface area contributed by atoms with Crippen molar-refractivity contribution < 1.29 is 4.74 Å². The van der Waals surface area contributed by atoms with Crippen LogP contribution in [0.4, 0.5) is 0 Å². The van der Waals surface area contributed by atoms with Crippen molar-refractivity contribution in [1.82, 2.24) is 25.6 Å². The standard InChI is InChI=1S/C22H23N5O/c1-4-14(5-2)21-20(22-24-26-27-25-22)19(15-9-7-6-8-10-15)17-12-11-16(28-3)13-18(17)23-21/h6-14H,4-5H2,1-3H3,(H,24,25,26,27). The Hall–Kier alpha value is -3.28. The van der Waals surface area contributed by atoms with Gasteiger partial charge in [0, 0.05) is 22.9 Å². The lowest BCUT2D eigenvalue weighted by molar-refractivity contribution is 0.415. The van der Waals surface area contributed by atoms with Crippen LogP contribution in [-0.2, 0) is 0 Å². The minimum Gasteiger partial charge on any atom is -0.497 e. The molecule has 0 spiro atoms. The largest absolute Gasteiger partial charge is 0.497 e. The number of rotatable bonds is 6. The van der Waals surface area contributed by atoms with Crippen molar-refractivity contribution in [1.29, 1.82) is 0 Å². The van der Waals surface area contributed by atoms with Crippen molar-refractivity contribution in [3.63, 3.8) is 0 Å². The molecule has 0 saturated carbocycles. The second kappa shape index (κ2) is 7.76. The van der Waals surface area contributed by atoms with E-state index >= 15 is 0 Å². The lowest BCUT2D eigenvalue weighted by Crippen LogP contribution is -2.06. The quantitative estimate of drug-likeness (QED) is 0.515. The molecule has 6 nitrogen and oxygen atoms in total. The zero-order valence-electron chi connectivity index (χ0n) is 16.3. The predicted octanol–water partition coefficient (Wildman–Crippen LogP) is 4.99. The SMILES string of the molecule is CCC(CC)c1nc2cc(OC)ccc2c(-c2ccccc2)c1-c1nn[nH]n1. The Morgan fingerprint density at radius 3 is 2.43 bits per heavy atom. The first-order valence-corrected chi connectivity index (χ1v) is 9.57. The van der Waals surface area contributed by atoms with E-state index < -0.39 is 0 Å². The highest BCUT2D eigenvalue weighted by Crippen LogP contribution is 2.42. The highest BCUT2D eigenvalue weighted by atomic mass is 16.5. The van der Waals surface area contributed by atoms with Gasteiger partial charge in [0.15, 0.2) is 0 Å². The lowest BCUT2D eigenvalue weighted by Gasteiger charge is -2.20. The van der Waals surface area contributed by atoms with Crippen LogP contribution in [0.3, 0.4) is 0 Å². The van der Waals surface area contributed by atoms with E-state index in [1.54, 1.807) is 7.11 Å². The van der Waals surface area contributed by atoms with Crippen LogP contribution in [0.2, 0.25) is 0 Å². The fourth-order valence-electron chi connectivity index (χ4n) is 3.76. The summed E-state index contributed by atoms with van der Waals surface area (Å²) in [4.78, 5) is 5.07. The molecule has 28 heavy (non-hydrogen) atoms. The summed E-state index contributed by atoms with van der Waals surface area (Å²) in [5.74, 6) is 1.67. The summed E-state index contributed by atoms with van der Waals surface area (Å²) in [5, 5.41) is 16.1. The number of nitrogens with zero attached hydrogens (tertiary/aromatic N) is 4. The van der Waals surface area contributed by atoms with Gasteiger partial charge in [-0.15, -0.1) is 10.2 Å². The molecular formula is C22H23N5O. The number of hydrogen-bond donors (Lipinski definition) is 1. The zero-order chi connectivity index (χ0) is 19.5. The molecule has 0 aliphatic carbocycles. The molecule has 142 valence electrons. The van der Waals surface area contributed by atoms with Gasteiger partial charge in [-0.25, -0.2) is 0 Å². The Bertz CT molecular complexity index is 1070. The van der Waals surface area contributed by atoms with Crippen molar-refractivity contribution in [2.45, 2.75) is 32.6 Å². The monoisotopic (exact) mass is 373 g/mol. The van der Waals surface area contributed by atoms with Crippen molar-refractivity contribution >= 4 is 10.9 Å². The number of methoxy groups -OCH3 is 1. The normalized spacial score (nSPS) is 11.3. The fraction of sp³-hybridized carbons (Fsp3) is 0.273. The molecule has 2 aromatic heterocycles. The number of fused-ring (bicyclic) bond motifs is 1. The van der Waals surface area contributed by atoms with Crippen LogP contribution in [0.1, 0.15) is 38.3 Å². The Morgan fingerprint density at radius 2 is 1.79 bits per heavy atom. The minimum absolute atomic E-state index is 0.298. The third-order valence-corrected chi connectivity index (χ3v) is 5.22. The average molecular weight is 373 g/mol. The fourth-order valence-corrected chi connectivity index (χ4v) is 3.76. The van der Waals surface area contributed by atoms with Crippen LogP contribution in [0, 0.1) is 0 Å². The number of hydrogen-bond acceptors (Lipinski definition) is 5. The molecule has 6 heteroatoms. The van der Waals surface area contributed by atoms with E-state index in [9.17, 15) is 0 Å². The molecule has 4 rings (SSSR count). The Labute approximate surface area is 164 Å². The van der Waals surface area contributed by atoms with E-state index in [2.05, 4.69) is 52.7 Å². The number of pyridine rings is 1. The molecule has 0 aliphatic rings. The van der Waals surface area contributed by atoms with E-state index in [0.29, 0.717) is 11.7 Å². The molecule has 0 unspecified atom stereocenters. The highest BCUT2D eigenvalue weighted by molar-refractivity contribution is 6.02. The third kappa shape index (κ3) is 3.11. The Kier molecular flexibility index (Phi) is 5.02. The second-order valence-corrected chi connectivity index (χ2v) is 6.74. The van der Waals surface area contributed by atoms with Crippen LogP contribution in [0.25, 0.3) is 33.4 Å². The van der Waals surface area contributed by atoms with E-state index in [-0.39, 0.29) is 0 Å². The van der Waals surface area contributed by atoms with Crippen LogP contribution >= 0.6 is 0 Å². The molecule has 2 heterocycles. The van der Waals surface area contributed by atoms with Gasteiger partial charge in [0.25, 0.3) is 0 Å². The van der Waals surface area contributed by atoms with Gasteiger partial charge < -0.3 is 4.74 Å². The summed E-state index contributed by atoms with van der Waals surface area (Å²) >= 11 is 0. The summed E-state index contributed by atoms with van der Waals surface area (Å²) in [6.45, 7) is 4.38. The lowest BCUT2D eigenvalue weighted by atomic mass is 9.87. The van der Waals surface area contributed by atoms with Gasteiger partial charge >= 0.3 is 0 Å². The summed E-state index contributed by atoms with van der Waals surface area (Å²) in [7, 11) is 1.68. The van der Waals surface area contributed by atoms with Crippen LogP contribution in [0.15, 0.2) is 48.5 Å². The minimum atomic E-state index is 0.298. The summed E-state index contributed by atoms with van der Waals surface area (Å²) in [6, 6.07) is 16.3. The molecular weight excluding hydrogens is 350 g/mol. The molecule has 0 radical (unpaired) electrons. The van der Waals surface area contributed by atoms with E-state index in [0.717, 1.165) is 51.9 Å². The first-order chi connectivity index (χ1) is 13.8. The van der Waals surface area contributed by atoms with Gasteiger partial charge in [0.1, 0.15) is 5.75 Å². The summed E-state index contributed by atoms with van der Waals surface area (Å²) in [6.07, 6.45) is 1.97. The van der Waals surface area contributed by atoms with Gasteiger partial charge in [-0.1, -0.05) is 44.2 Å². The number of nitrogens with one attached hydrogen (secondary N) is 1. The van der Waals surface area contributed by atoms with Gasteiger partial charge in [-0.05, 0) is 35.8 Å². The van der Waals surface area contributed by atoms with Crippen LogP contribution < -0.4 is 4.74 Å². The first kappa shape index (κ1) is 18.1. The van der Waals surface area contributed by atoms with Gasteiger partial charge in [0.2, 0.25) is 5.82 Å². The van der Waals surface area contributed by atoms with E-state index in [1.165, 1.54) is 0 Å². The number of H-pyrrole nitrogens is 1. The molecule has 0 amide bonds. The highest BCUT2D eigenvalue weighted by Gasteiger charge is 2.25. The van der Waals surface area contributed by atoms with Crippen molar-refractivity contribution in [2.75, 3.05) is 7.11 Å². The molecule has 0 atom stereocenters. The molecule has 0 bridgehead atoms. The Morgan fingerprint density at radius 1 is 1.00 bits per heavy atom. The first-order valence-electron chi connectivity index (χ1n) is 9.57. The van der Waals surface area contributed by atoms with Crippen molar-refractivity contribution in [2.24, 2.45) is 0 Å². The van der Waals surface area contributed by atoms with Crippen LogP contribution in [-0.4, -0.2) is 32.7 Å². The van der Waals surface area contributed by atoms with Crippen molar-refractivity contribution in [3.8, 4) is 28.3 Å². The molecule has 0 fully saturated rings. The molecule has 0 saturated heterocycles. The number of benzene rings is 2. The smallest absolute Gasteiger partial charge is 0.207 e. The van der Waals surface area contributed by atoms with E-state index in [1.807, 2.05) is 30.3 Å².